The molecule has 0 aliphatic heterocycles. The van der Waals surface area contributed by atoms with Crippen LogP contribution in [0.4, 0.5) is 0 Å². The van der Waals surface area contributed by atoms with Gasteiger partial charge >= 0.3 is 0 Å². The molecule has 0 spiro atoms. The van der Waals surface area contributed by atoms with Gasteiger partial charge in [-0.25, -0.2) is 0 Å². The molecule has 0 saturated heterocycles. The molecule has 0 radical (unpaired) electrons. The van der Waals surface area contributed by atoms with E-state index in [1.165, 1.54) is 11.8 Å². The molecule has 0 bridgehead atoms. The molecule has 0 fully saturated rings. The molecule has 1 aromatic heterocycles. The van der Waals surface area contributed by atoms with E-state index in [9.17, 15) is 4.79 Å². The van der Waals surface area contributed by atoms with Crippen LogP contribution in [0.3, 0.4) is 0 Å². The van der Waals surface area contributed by atoms with Gasteiger partial charge in [0.2, 0.25) is 5.91 Å². The summed E-state index contributed by atoms with van der Waals surface area (Å²) in [5.41, 5.74) is -0.156. The lowest BCUT2D eigenvalue weighted by Gasteiger charge is -2.26. The van der Waals surface area contributed by atoms with Crippen LogP contribution < -0.4 is 5.32 Å². The normalized spacial score (nSPS) is 13.3. The maximum atomic E-state index is 12.1. The van der Waals surface area contributed by atoms with Crippen LogP contribution >= 0.6 is 34.9 Å². The van der Waals surface area contributed by atoms with Crippen molar-refractivity contribution in [3.63, 3.8) is 0 Å². The van der Waals surface area contributed by atoms with Gasteiger partial charge in [-0.3, -0.25) is 4.79 Å². The SMILES string of the molecule is CCSc1nnc(SC(C)C(=O)NC(C)(C)CC)s1. The highest BCUT2D eigenvalue weighted by atomic mass is 32.2. The lowest BCUT2D eigenvalue weighted by Crippen LogP contribution is -2.46. The zero-order valence-electron chi connectivity index (χ0n) is 12.0. The molecule has 1 rings (SSSR count). The summed E-state index contributed by atoms with van der Waals surface area (Å²) in [4.78, 5) is 12.1. The number of thioether (sulfide) groups is 2. The van der Waals surface area contributed by atoms with E-state index in [2.05, 4.69) is 29.4 Å². The summed E-state index contributed by atoms with van der Waals surface area (Å²) in [6.45, 7) is 10.1. The number of hydrogen-bond donors (Lipinski definition) is 1. The highest BCUT2D eigenvalue weighted by Gasteiger charge is 2.23. The predicted molar refractivity (Wildman–Crippen MR) is 84.1 cm³/mol. The Kier molecular flexibility index (Phi) is 6.62. The molecule has 0 aliphatic carbocycles. The Bertz CT molecular complexity index is 420. The average Bonchev–Trinajstić information content (AvgIpc) is 2.76. The quantitative estimate of drug-likeness (QED) is 0.780. The van der Waals surface area contributed by atoms with Crippen molar-refractivity contribution >= 4 is 40.8 Å². The minimum absolute atomic E-state index is 0.0525. The Morgan fingerprint density at radius 1 is 1.37 bits per heavy atom. The molecule has 1 N–H and O–H groups in total. The third-order valence-corrected chi connectivity index (χ3v) is 5.77. The lowest BCUT2D eigenvalue weighted by atomic mass is 10.0. The molecule has 1 atom stereocenters. The topological polar surface area (TPSA) is 54.9 Å². The fourth-order valence-electron chi connectivity index (χ4n) is 1.15. The molecule has 1 aromatic rings. The van der Waals surface area contributed by atoms with E-state index in [4.69, 9.17) is 0 Å². The minimum Gasteiger partial charge on any atom is -0.350 e. The Balaban J connectivity index is 2.53. The van der Waals surface area contributed by atoms with Gasteiger partial charge in [-0.05, 0) is 32.9 Å². The Morgan fingerprint density at radius 2 is 2.00 bits per heavy atom. The molecule has 19 heavy (non-hydrogen) atoms. The summed E-state index contributed by atoms with van der Waals surface area (Å²) < 4.78 is 1.82. The Morgan fingerprint density at radius 3 is 2.58 bits per heavy atom. The third kappa shape index (κ3) is 5.71. The Labute approximate surface area is 127 Å². The first kappa shape index (κ1) is 16.8. The van der Waals surface area contributed by atoms with Crippen LogP contribution in [0.2, 0.25) is 0 Å². The largest absolute Gasteiger partial charge is 0.350 e. The fourth-order valence-corrected chi connectivity index (χ4v) is 4.22. The van der Waals surface area contributed by atoms with Crippen molar-refractivity contribution in [3.8, 4) is 0 Å². The van der Waals surface area contributed by atoms with E-state index >= 15 is 0 Å². The summed E-state index contributed by atoms with van der Waals surface area (Å²) in [6, 6.07) is 0. The van der Waals surface area contributed by atoms with Gasteiger partial charge in [0, 0.05) is 5.54 Å². The van der Waals surface area contributed by atoms with Gasteiger partial charge in [0.05, 0.1) is 5.25 Å². The summed E-state index contributed by atoms with van der Waals surface area (Å²) in [5.74, 6) is 1.04. The van der Waals surface area contributed by atoms with Gasteiger partial charge in [-0.15, -0.1) is 10.2 Å². The van der Waals surface area contributed by atoms with E-state index in [0.717, 1.165) is 20.9 Å². The zero-order valence-corrected chi connectivity index (χ0v) is 14.5. The molecule has 0 aromatic carbocycles. The molecule has 0 aliphatic rings. The molecular formula is C12H21N3OS3. The van der Waals surface area contributed by atoms with Crippen LogP contribution in [0, 0.1) is 0 Å². The van der Waals surface area contributed by atoms with E-state index in [0.29, 0.717) is 0 Å². The second kappa shape index (κ2) is 7.50. The first-order valence-electron chi connectivity index (χ1n) is 6.33. The number of amides is 1. The maximum Gasteiger partial charge on any atom is 0.233 e. The van der Waals surface area contributed by atoms with Crippen LogP contribution in [0.25, 0.3) is 0 Å². The summed E-state index contributed by atoms with van der Waals surface area (Å²) in [6.07, 6.45) is 0.909. The minimum atomic E-state index is -0.156. The predicted octanol–water partition coefficient (Wildman–Crippen LogP) is 3.44. The molecule has 1 heterocycles. The van der Waals surface area contributed by atoms with Gasteiger partial charge in [0.15, 0.2) is 8.68 Å². The summed E-state index contributed by atoms with van der Waals surface area (Å²) in [7, 11) is 0. The average molecular weight is 320 g/mol. The van der Waals surface area contributed by atoms with E-state index in [1.807, 2.05) is 20.8 Å². The van der Waals surface area contributed by atoms with Gasteiger partial charge in [-0.2, -0.15) is 0 Å². The van der Waals surface area contributed by atoms with E-state index in [-0.39, 0.29) is 16.7 Å². The number of aromatic nitrogens is 2. The van der Waals surface area contributed by atoms with Gasteiger partial charge in [0.25, 0.3) is 0 Å². The van der Waals surface area contributed by atoms with Gasteiger partial charge in [0.1, 0.15) is 0 Å². The lowest BCUT2D eigenvalue weighted by molar-refractivity contribution is -0.121. The number of carbonyl (C=O) groups is 1. The van der Waals surface area contributed by atoms with Crippen LogP contribution in [0.1, 0.15) is 41.0 Å². The van der Waals surface area contributed by atoms with E-state index in [1.54, 1.807) is 23.1 Å². The van der Waals surface area contributed by atoms with Crippen molar-refractivity contribution in [1.29, 1.82) is 0 Å². The van der Waals surface area contributed by atoms with Crippen LogP contribution in [-0.2, 0) is 4.79 Å². The van der Waals surface area contributed by atoms with Crippen LogP contribution in [0.15, 0.2) is 8.68 Å². The maximum absolute atomic E-state index is 12.1. The molecule has 1 amide bonds. The third-order valence-electron chi connectivity index (χ3n) is 2.65. The van der Waals surface area contributed by atoms with Crippen molar-refractivity contribution in [2.75, 3.05) is 5.75 Å². The number of hydrogen-bond acceptors (Lipinski definition) is 6. The molecular weight excluding hydrogens is 298 g/mol. The first-order chi connectivity index (χ1) is 8.88. The highest BCUT2D eigenvalue weighted by Crippen LogP contribution is 2.31. The standard InChI is InChI=1S/C12H21N3OS3/c1-6-12(4,5)13-9(16)8(3)18-11-15-14-10(19-11)17-7-2/h8H,6-7H2,1-5H3,(H,13,16). The number of nitrogens with zero attached hydrogens (tertiary/aromatic N) is 2. The van der Waals surface area contributed by atoms with Crippen molar-refractivity contribution < 1.29 is 4.79 Å². The van der Waals surface area contributed by atoms with Crippen molar-refractivity contribution in [2.45, 2.75) is 60.5 Å². The molecule has 1 unspecified atom stereocenters. The van der Waals surface area contributed by atoms with Gasteiger partial charge < -0.3 is 5.32 Å². The van der Waals surface area contributed by atoms with Crippen molar-refractivity contribution in [2.24, 2.45) is 0 Å². The second-order valence-electron chi connectivity index (χ2n) is 4.75. The fraction of sp³-hybridized carbons (Fsp3) is 0.750. The van der Waals surface area contributed by atoms with Crippen LogP contribution in [-0.4, -0.2) is 32.6 Å². The number of carbonyl (C=O) groups excluding carboxylic acids is 1. The number of nitrogens with one attached hydrogen (secondary N) is 1. The molecule has 0 saturated carbocycles. The monoisotopic (exact) mass is 319 g/mol. The molecule has 108 valence electrons. The van der Waals surface area contributed by atoms with E-state index < -0.39 is 0 Å². The summed E-state index contributed by atoms with van der Waals surface area (Å²) >= 11 is 4.70. The second-order valence-corrected chi connectivity index (χ2v) is 8.83. The first-order valence-corrected chi connectivity index (χ1v) is 9.01. The van der Waals surface area contributed by atoms with Gasteiger partial charge in [-0.1, -0.05) is 48.7 Å². The Hall–Kier alpha value is -0.270. The van der Waals surface area contributed by atoms with Crippen LogP contribution in [0.5, 0.6) is 0 Å². The molecule has 4 nitrogen and oxygen atoms in total. The van der Waals surface area contributed by atoms with Crippen molar-refractivity contribution in [3.05, 3.63) is 0 Å². The number of rotatable bonds is 7. The molecule has 7 heteroatoms. The highest BCUT2D eigenvalue weighted by molar-refractivity contribution is 8.03. The summed E-state index contributed by atoms with van der Waals surface area (Å²) in [5, 5.41) is 11.1. The van der Waals surface area contributed by atoms with Crippen molar-refractivity contribution in [1.82, 2.24) is 15.5 Å². The zero-order chi connectivity index (χ0) is 14.5. The smallest absolute Gasteiger partial charge is 0.233 e.